The molecule has 1 fully saturated rings. The van der Waals surface area contributed by atoms with Crippen LogP contribution in [0.3, 0.4) is 0 Å². The van der Waals surface area contributed by atoms with Gasteiger partial charge in [-0.25, -0.2) is 4.98 Å². The van der Waals surface area contributed by atoms with Crippen LogP contribution >= 0.6 is 39.1 Å². The van der Waals surface area contributed by atoms with E-state index in [4.69, 9.17) is 28.2 Å². The second-order valence-electron chi connectivity index (χ2n) is 7.49. The first-order chi connectivity index (χ1) is 13.6. The molecule has 1 aromatic heterocycles. The van der Waals surface area contributed by atoms with Crippen molar-refractivity contribution in [2.75, 3.05) is 0 Å². The molecule has 5 heteroatoms. The lowest BCUT2D eigenvalue weighted by Gasteiger charge is -2.32. The van der Waals surface area contributed by atoms with E-state index in [9.17, 15) is 0 Å². The average molecular weight is 478 g/mol. The zero-order valence-electron chi connectivity index (χ0n) is 15.8. The summed E-state index contributed by atoms with van der Waals surface area (Å²) in [6.45, 7) is 2.19. The number of nitrogens with zero attached hydrogens (tertiary/aromatic N) is 2. The van der Waals surface area contributed by atoms with Crippen LogP contribution in [0, 0.1) is 0 Å². The molecule has 4 rings (SSSR count). The molecular formula is C23H23BrCl2N2. The van der Waals surface area contributed by atoms with E-state index in [0.717, 1.165) is 28.7 Å². The zero-order valence-corrected chi connectivity index (χ0v) is 18.9. The van der Waals surface area contributed by atoms with Gasteiger partial charge in [0, 0.05) is 33.0 Å². The minimum Gasteiger partial charge on any atom is -0.325 e. The van der Waals surface area contributed by atoms with Gasteiger partial charge in [0.15, 0.2) is 0 Å². The van der Waals surface area contributed by atoms with Gasteiger partial charge >= 0.3 is 0 Å². The predicted octanol–water partition coefficient (Wildman–Crippen LogP) is 8.08. The molecule has 0 spiro atoms. The topological polar surface area (TPSA) is 17.8 Å². The van der Waals surface area contributed by atoms with Crippen LogP contribution in [0.5, 0.6) is 0 Å². The Balaban J connectivity index is 1.69. The summed E-state index contributed by atoms with van der Waals surface area (Å²) in [5, 5.41) is 1.30. The van der Waals surface area contributed by atoms with Gasteiger partial charge in [0.1, 0.15) is 5.82 Å². The molecule has 28 heavy (non-hydrogen) atoms. The summed E-state index contributed by atoms with van der Waals surface area (Å²) in [7, 11) is 0. The summed E-state index contributed by atoms with van der Waals surface area (Å²) in [6, 6.07) is 14.9. The molecular weight excluding hydrogens is 455 g/mol. The van der Waals surface area contributed by atoms with E-state index in [-0.39, 0.29) is 0 Å². The van der Waals surface area contributed by atoms with Gasteiger partial charge in [0.2, 0.25) is 0 Å². The Morgan fingerprint density at radius 2 is 1.89 bits per heavy atom. The maximum atomic E-state index is 6.52. The van der Waals surface area contributed by atoms with Gasteiger partial charge < -0.3 is 4.57 Å². The highest BCUT2D eigenvalue weighted by atomic mass is 79.9. The quantitative estimate of drug-likeness (QED) is 0.371. The molecule has 0 saturated heterocycles. The summed E-state index contributed by atoms with van der Waals surface area (Å²) >= 11 is 16.2. The molecule has 2 nitrogen and oxygen atoms in total. The molecule has 0 aliphatic heterocycles. The Morgan fingerprint density at radius 1 is 1.11 bits per heavy atom. The van der Waals surface area contributed by atoms with Crippen molar-refractivity contribution in [2.45, 2.75) is 51.0 Å². The van der Waals surface area contributed by atoms with Crippen molar-refractivity contribution in [3.05, 3.63) is 74.4 Å². The van der Waals surface area contributed by atoms with Gasteiger partial charge in [-0.05, 0) is 67.5 Å². The van der Waals surface area contributed by atoms with Crippen LogP contribution in [0.2, 0.25) is 10.0 Å². The van der Waals surface area contributed by atoms with Gasteiger partial charge in [0.25, 0.3) is 0 Å². The Labute approximate surface area is 185 Å². The van der Waals surface area contributed by atoms with Crippen molar-refractivity contribution < 1.29 is 0 Å². The highest BCUT2D eigenvalue weighted by Gasteiger charge is 2.28. The fourth-order valence-corrected chi connectivity index (χ4v) is 5.13. The Kier molecular flexibility index (Phi) is 6.15. The third-order valence-electron chi connectivity index (χ3n) is 5.76. The molecule has 1 heterocycles. The van der Waals surface area contributed by atoms with Gasteiger partial charge in [-0.1, -0.05) is 64.6 Å². The normalized spacial score (nSPS) is 19.7. The Hall–Kier alpha value is -1.29. The summed E-state index contributed by atoms with van der Waals surface area (Å²) < 4.78 is 3.56. The van der Waals surface area contributed by atoms with Gasteiger partial charge in [-0.3, -0.25) is 0 Å². The number of aryl methyl sites for hydroxylation is 1. The number of aromatic nitrogens is 2. The van der Waals surface area contributed by atoms with Crippen molar-refractivity contribution >= 4 is 39.1 Å². The smallest absolute Gasteiger partial charge is 0.141 e. The largest absolute Gasteiger partial charge is 0.325 e. The number of halogens is 3. The summed E-state index contributed by atoms with van der Waals surface area (Å²) in [4.78, 5) is 4.76. The van der Waals surface area contributed by atoms with E-state index in [1.54, 1.807) is 6.07 Å². The molecule has 0 amide bonds. The molecule has 1 saturated carbocycles. The standard InChI is InChI=1S/C23H23BrCl2N2/c1-2-19-14-27-23(21-11-10-18(25)13-22(21)26)28(19)20-5-3-4-16(12-20)15-6-8-17(24)9-7-15/h6-11,13-14,16,20H,2-5,12H2,1H3. The zero-order chi connectivity index (χ0) is 19.7. The first kappa shape index (κ1) is 20.0. The summed E-state index contributed by atoms with van der Waals surface area (Å²) in [6.07, 6.45) is 7.73. The van der Waals surface area contributed by atoms with Gasteiger partial charge in [-0.2, -0.15) is 0 Å². The predicted molar refractivity (Wildman–Crippen MR) is 121 cm³/mol. The molecule has 2 unspecified atom stereocenters. The van der Waals surface area contributed by atoms with Crippen molar-refractivity contribution in [1.82, 2.24) is 9.55 Å². The summed E-state index contributed by atoms with van der Waals surface area (Å²) in [5.74, 6) is 1.53. The number of rotatable bonds is 4. The molecule has 0 N–H and O–H groups in total. The van der Waals surface area contributed by atoms with Crippen LogP contribution in [-0.4, -0.2) is 9.55 Å². The number of imidazole rings is 1. The maximum absolute atomic E-state index is 6.52. The Morgan fingerprint density at radius 3 is 2.61 bits per heavy atom. The third-order valence-corrected chi connectivity index (χ3v) is 6.84. The monoisotopic (exact) mass is 476 g/mol. The van der Waals surface area contributed by atoms with Crippen LogP contribution in [0.1, 0.15) is 55.8 Å². The first-order valence-corrected chi connectivity index (χ1v) is 11.4. The van der Waals surface area contributed by atoms with E-state index in [2.05, 4.69) is 51.7 Å². The van der Waals surface area contributed by atoms with E-state index < -0.39 is 0 Å². The molecule has 1 aliphatic carbocycles. The molecule has 0 radical (unpaired) electrons. The van der Waals surface area contributed by atoms with Crippen molar-refractivity contribution in [2.24, 2.45) is 0 Å². The van der Waals surface area contributed by atoms with Gasteiger partial charge in [-0.15, -0.1) is 0 Å². The lowest BCUT2D eigenvalue weighted by Crippen LogP contribution is -2.20. The Bertz CT molecular complexity index is 965. The highest BCUT2D eigenvalue weighted by Crippen LogP contribution is 2.42. The minimum absolute atomic E-state index is 0.432. The van der Waals surface area contributed by atoms with Crippen LogP contribution in [0.25, 0.3) is 11.4 Å². The number of hydrogen-bond acceptors (Lipinski definition) is 1. The lowest BCUT2D eigenvalue weighted by molar-refractivity contribution is 0.317. The fraction of sp³-hybridized carbons (Fsp3) is 0.348. The molecule has 0 bridgehead atoms. The van der Waals surface area contributed by atoms with Crippen LogP contribution in [-0.2, 0) is 6.42 Å². The minimum atomic E-state index is 0.432. The second kappa shape index (κ2) is 8.61. The maximum Gasteiger partial charge on any atom is 0.141 e. The van der Waals surface area contributed by atoms with E-state index >= 15 is 0 Å². The van der Waals surface area contributed by atoms with Crippen molar-refractivity contribution in [1.29, 1.82) is 0 Å². The van der Waals surface area contributed by atoms with E-state index in [0.29, 0.717) is 22.0 Å². The number of hydrogen-bond donors (Lipinski definition) is 0. The van der Waals surface area contributed by atoms with Crippen molar-refractivity contribution in [3.63, 3.8) is 0 Å². The average Bonchev–Trinajstić information content (AvgIpc) is 3.12. The van der Waals surface area contributed by atoms with Crippen LogP contribution in [0.15, 0.2) is 53.1 Å². The van der Waals surface area contributed by atoms with E-state index in [1.807, 2.05) is 18.3 Å². The SMILES string of the molecule is CCc1cnc(-c2ccc(Cl)cc2Cl)n1C1CCCC(c2ccc(Br)cc2)C1. The number of benzene rings is 2. The second-order valence-corrected chi connectivity index (χ2v) is 9.25. The molecule has 2 atom stereocenters. The summed E-state index contributed by atoms with van der Waals surface area (Å²) in [5.41, 5.74) is 3.65. The third kappa shape index (κ3) is 4.03. The lowest BCUT2D eigenvalue weighted by atomic mass is 9.81. The highest BCUT2D eigenvalue weighted by molar-refractivity contribution is 9.10. The molecule has 1 aliphatic rings. The molecule has 146 valence electrons. The first-order valence-electron chi connectivity index (χ1n) is 9.83. The van der Waals surface area contributed by atoms with Crippen LogP contribution in [0.4, 0.5) is 0 Å². The van der Waals surface area contributed by atoms with E-state index in [1.165, 1.54) is 30.5 Å². The van der Waals surface area contributed by atoms with Crippen molar-refractivity contribution in [3.8, 4) is 11.4 Å². The molecule has 3 aromatic rings. The van der Waals surface area contributed by atoms with Crippen LogP contribution < -0.4 is 0 Å². The molecule has 2 aromatic carbocycles. The van der Waals surface area contributed by atoms with Gasteiger partial charge in [0.05, 0.1) is 5.02 Å². The fourth-order valence-electron chi connectivity index (χ4n) is 4.37.